The standard InChI is InChI=1S/C16H21ClN4O/c1-11(20-15-4-2-3-5-16(15)22)13-7-6-12(8-14(13)17)21-10-18-9-19-21/h6-11,15-16,20,22H,2-5H2,1H3/t11?,15-,16-/m1/s1. The number of rotatable bonds is 4. The molecule has 1 heterocycles. The van der Waals surface area contributed by atoms with E-state index in [1.54, 1.807) is 11.0 Å². The topological polar surface area (TPSA) is 63.0 Å². The lowest BCUT2D eigenvalue weighted by Crippen LogP contribution is -2.43. The molecule has 1 unspecified atom stereocenters. The van der Waals surface area contributed by atoms with Crippen molar-refractivity contribution in [2.75, 3.05) is 0 Å². The molecule has 1 fully saturated rings. The second kappa shape index (κ2) is 6.77. The van der Waals surface area contributed by atoms with Crippen molar-refractivity contribution in [1.29, 1.82) is 0 Å². The molecular formula is C16H21ClN4O. The van der Waals surface area contributed by atoms with Crippen LogP contribution in [0.3, 0.4) is 0 Å². The zero-order valence-corrected chi connectivity index (χ0v) is 13.4. The summed E-state index contributed by atoms with van der Waals surface area (Å²) in [5.74, 6) is 0. The van der Waals surface area contributed by atoms with E-state index in [-0.39, 0.29) is 18.2 Å². The summed E-state index contributed by atoms with van der Waals surface area (Å²) in [6.45, 7) is 2.08. The molecule has 5 nitrogen and oxygen atoms in total. The van der Waals surface area contributed by atoms with E-state index < -0.39 is 0 Å². The summed E-state index contributed by atoms with van der Waals surface area (Å²) in [7, 11) is 0. The van der Waals surface area contributed by atoms with Gasteiger partial charge < -0.3 is 10.4 Å². The van der Waals surface area contributed by atoms with Crippen LogP contribution in [0, 0.1) is 0 Å². The fraction of sp³-hybridized carbons (Fsp3) is 0.500. The van der Waals surface area contributed by atoms with Gasteiger partial charge in [-0.05, 0) is 37.5 Å². The molecule has 0 saturated heterocycles. The molecule has 1 aromatic heterocycles. The summed E-state index contributed by atoms with van der Waals surface area (Å²) in [5.41, 5.74) is 1.92. The van der Waals surface area contributed by atoms with E-state index >= 15 is 0 Å². The number of aliphatic hydroxyl groups excluding tert-OH is 1. The first-order valence-electron chi connectivity index (χ1n) is 7.73. The van der Waals surface area contributed by atoms with Crippen LogP contribution in [0.25, 0.3) is 5.69 Å². The Bertz CT molecular complexity index is 617. The lowest BCUT2D eigenvalue weighted by Gasteiger charge is -2.31. The average molecular weight is 321 g/mol. The Balaban J connectivity index is 1.73. The Hall–Kier alpha value is -1.43. The van der Waals surface area contributed by atoms with Crippen LogP contribution in [-0.4, -0.2) is 32.0 Å². The number of hydrogen-bond donors (Lipinski definition) is 2. The van der Waals surface area contributed by atoms with Gasteiger partial charge in [0.2, 0.25) is 0 Å². The lowest BCUT2D eigenvalue weighted by molar-refractivity contribution is 0.0860. The quantitative estimate of drug-likeness (QED) is 0.909. The second-order valence-electron chi connectivity index (χ2n) is 5.89. The summed E-state index contributed by atoms with van der Waals surface area (Å²) >= 11 is 6.43. The molecule has 3 atom stereocenters. The highest BCUT2D eigenvalue weighted by Crippen LogP contribution is 2.27. The lowest BCUT2D eigenvalue weighted by atomic mass is 9.91. The average Bonchev–Trinajstić information content (AvgIpc) is 3.03. The Labute approximate surface area is 135 Å². The molecule has 1 saturated carbocycles. The van der Waals surface area contributed by atoms with E-state index in [2.05, 4.69) is 22.3 Å². The summed E-state index contributed by atoms with van der Waals surface area (Å²) in [4.78, 5) is 3.94. The molecule has 1 aromatic carbocycles. The molecule has 0 amide bonds. The fourth-order valence-electron chi connectivity index (χ4n) is 3.07. The largest absolute Gasteiger partial charge is 0.392 e. The molecule has 0 aliphatic heterocycles. The van der Waals surface area contributed by atoms with Crippen molar-refractivity contribution in [2.24, 2.45) is 0 Å². The molecule has 2 N–H and O–H groups in total. The minimum absolute atomic E-state index is 0.0926. The van der Waals surface area contributed by atoms with Crippen molar-refractivity contribution in [3.63, 3.8) is 0 Å². The van der Waals surface area contributed by atoms with Crippen LogP contribution in [0.15, 0.2) is 30.9 Å². The van der Waals surface area contributed by atoms with Crippen LogP contribution in [-0.2, 0) is 0 Å². The van der Waals surface area contributed by atoms with Crippen LogP contribution in [0.2, 0.25) is 5.02 Å². The molecule has 6 heteroatoms. The summed E-state index contributed by atoms with van der Waals surface area (Å²) in [5, 5.41) is 18.4. The Kier molecular flexibility index (Phi) is 4.76. The van der Waals surface area contributed by atoms with E-state index in [0.717, 1.165) is 30.5 Å². The Morgan fingerprint density at radius 2 is 2.18 bits per heavy atom. The third kappa shape index (κ3) is 3.32. The van der Waals surface area contributed by atoms with Crippen molar-refractivity contribution in [3.8, 4) is 5.69 Å². The summed E-state index contributed by atoms with van der Waals surface area (Å²) in [6, 6.07) is 6.11. The van der Waals surface area contributed by atoms with Crippen LogP contribution < -0.4 is 5.32 Å². The predicted molar refractivity (Wildman–Crippen MR) is 86.2 cm³/mol. The highest BCUT2D eigenvalue weighted by atomic mass is 35.5. The maximum absolute atomic E-state index is 10.1. The van der Waals surface area contributed by atoms with Crippen LogP contribution >= 0.6 is 11.6 Å². The van der Waals surface area contributed by atoms with E-state index in [1.165, 1.54) is 12.7 Å². The minimum atomic E-state index is -0.260. The van der Waals surface area contributed by atoms with E-state index in [9.17, 15) is 5.11 Å². The molecule has 1 aliphatic rings. The second-order valence-corrected chi connectivity index (χ2v) is 6.30. The predicted octanol–water partition coefficient (Wildman–Crippen LogP) is 2.87. The molecule has 3 rings (SSSR count). The highest BCUT2D eigenvalue weighted by Gasteiger charge is 2.25. The first-order chi connectivity index (χ1) is 10.6. The van der Waals surface area contributed by atoms with E-state index in [0.29, 0.717) is 5.02 Å². The monoisotopic (exact) mass is 320 g/mol. The number of aliphatic hydroxyl groups is 1. The van der Waals surface area contributed by atoms with Gasteiger partial charge in [-0.25, -0.2) is 9.67 Å². The van der Waals surface area contributed by atoms with Gasteiger partial charge in [-0.2, -0.15) is 5.10 Å². The molecule has 1 aliphatic carbocycles. The van der Waals surface area contributed by atoms with Crippen molar-refractivity contribution in [3.05, 3.63) is 41.4 Å². The van der Waals surface area contributed by atoms with Crippen molar-refractivity contribution in [2.45, 2.75) is 50.8 Å². The number of nitrogens with zero attached hydrogens (tertiary/aromatic N) is 3. The molecular weight excluding hydrogens is 300 g/mol. The van der Waals surface area contributed by atoms with E-state index in [1.807, 2.05) is 18.2 Å². The van der Waals surface area contributed by atoms with Crippen molar-refractivity contribution in [1.82, 2.24) is 20.1 Å². The van der Waals surface area contributed by atoms with Gasteiger partial charge in [0.15, 0.2) is 0 Å². The molecule has 118 valence electrons. The smallest absolute Gasteiger partial charge is 0.138 e. The first-order valence-corrected chi connectivity index (χ1v) is 8.11. The van der Waals surface area contributed by atoms with Crippen LogP contribution in [0.4, 0.5) is 0 Å². The van der Waals surface area contributed by atoms with Crippen molar-refractivity contribution < 1.29 is 5.11 Å². The number of hydrogen-bond acceptors (Lipinski definition) is 4. The van der Waals surface area contributed by atoms with Gasteiger partial charge in [0.1, 0.15) is 12.7 Å². The van der Waals surface area contributed by atoms with Crippen molar-refractivity contribution >= 4 is 11.6 Å². The first kappa shape index (κ1) is 15.5. The molecule has 0 radical (unpaired) electrons. The maximum atomic E-state index is 10.1. The summed E-state index contributed by atoms with van der Waals surface area (Å²) in [6.07, 6.45) is 7.05. The van der Waals surface area contributed by atoms with Gasteiger partial charge in [0, 0.05) is 17.1 Å². The third-order valence-electron chi connectivity index (χ3n) is 4.33. The van der Waals surface area contributed by atoms with Crippen LogP contribution in [0.1, 0.15) is 44.2 Å². The zero-order valence-electron chi connectivity index (χ0n) is 12.6. The molecule has 22 heavy (non-hydrogen) atoms. The fourth-order valence-corrected chi connectivity index (χ4v) is 3.41. The number of nitrogens with one attached hydrogen (secondary N) is 1. The summed E-state index contributed by atoms with van der Waals surface area (Å²) < 4.78 is 1.68. The minimum Gasteiger partial charge on any atom is -0.392 e. The molecule has 0 spiro atoms. The van der Waals surface area contributed by atoms with Gasteiger partial charge >= 0.3 is 0 Å². The Morgan fingerprint density at radius 3 is 2.86 bits per heavy atom. The van der Waals surface area contributed by atoms with Gasteiger partial charge in [-0.1, -0.05) is 30.5 Å². The van der Waals surface area contributed by atoms with Gasteiger partial charge in [0.25, 0.3) is 0 Å². The number of aromatic nitrogens is 3. The SMILES string of the molecule is CC(N[C@@H]1CCCC[C@H]1O)c1ccc(-n2cncn2)cc1Cl. The third-order valence-corrected chi connectivity index (χ3v) is 4.65. The van der Waals surface area contributed by atoms with Gasteiger partial charge in [-0.15, -0.1) is 0 Å². The van der Waals surface area contributed by atoms with E-state index in [4.69, 9.17) is 11.6 Å². The van der Waals surface area contributed by atoms with Crippen LogP contribution in [0.5, 0.6) is 0 Å². The van der Waals surface area contributed by atoms with Gasteiger partial charge in [-0.3, -0.25) is 0 Å². The highest BCUT2D eigenvalue weighted by molar-refractivity contribution is 6.31. The zero-order chi connectivity index (χ0) is 15.5. The normalized spacial score (nSPS) is 23.4. The number of benzene rings is 1. The van der Waals surface area contributed by atoms with Gasteiger partial charge in [0.05, 0.1) is 11.8 Å². The Morgan fingerprint density at radius 1 is 1.36 bits per heavy atom. The number of halogens is 1. The molecule has 2 aromatic rings. The molecule has 0 bridgehead atoms. The maximum Gasteiger partial charge on any atom is 0.138 e.